The molecular weight excluding hydrogens is 311 g/mol. The average molecular weight is 327 g/mol. The van der Waals surface area contributed by atoms with E-state index in [2.05, 4.69) is 5.32 Å². The molecule has 0 bridgehead atoms. The second-order valence-corrected chi connectivity index (χ2v) is 5.62. The maximum Gasteiger partial charge on any atom is 0.340 e. The molecule has 1 aromatic rings. The van der Waals surface area contributed by atoms with Gasteiger partial charge < -0.3 is 10.1 Å². The molecule has 1 atom stereocenters. The summed E-state index contributed by atoms with van der Waals surface area (Å²) in [6.07, 6.45) is 0. The minimum absolute atomic E-state index is 0.0391. The van der Waals surface area contributed by atoms with Gasteiger partial charge in [-0.2, -0.15) is 5.26 Å². The lowest BCUT2D eigenvalue weighted by Crippen LogP contribution is -2.50. The van der Waals surface area contributed by atoms with E-state index in [9.17, 15) is 14.0 Å². The van der Waals surface area contributed by atoms with Crippen molar-refractivity contribution in [3.8, 4) is 6.07 Å². The number of ether oxygens (including phenoxy) is 1. The van der Waals surface area contributed by atoms with Gasteiger partial charge in [0.25, 0.3) is 5.91 Å². The third-order valence-electron chi connectivity index (χ3n) is 3.27. The van der Waals surface area contributed by atoms with Crippen LogP contribution in [0.25, 0.3) is 0 Å². The first kappa shape index (κ1) is 17.9. The predicted molar refractivity (Wildman–Crippen MR) is 78.7 cm³/mol. The van der Waals surface area contributed by atoms with Crippen molar-refractivity contribution in [3.63, 3.8) is 0 Å². The van der Waals surface area contributed by atoms with Crippen LogP contribution in [-0.4, -0.2) is 24.0 Å². The molecule has 5 nitrogen and oxygen atoms in total. The Kier molecular flexibility index (Phi) is 5.89. The van der Waals surface area contributed by atoms with Gasteiger partial charge in [0.15, 0.2) is 6.61 Å². The summed E-state index contributed by atoms with van der Waals surface area (Å²) < 4.78 is 17.7. The molecule has 118 valence electrons. The number of halogens is 2. The van der Waals surface area contributed by atoms with Crippen LogP contribution in [-0.2, 0) is 9.53 Å². The molecule has 0 radical (unpaired) electrons. The number of carbonyl (C=O) groups is 2. The molecule has 0 saturated heterocycles. The first-order valence-electron chi connectivity index (χ1n) is 6.54. The minimum atomic E-state index is -1.06. The summed E-state index contributed by atoms with van der Waals surface area (Å²) in [5.41, 5.74) is -1.10. The topological polar surface area (TPSA) is 79.2 Å². The van der Waals surface area contributed by atoms with E-state index in [1.807, 2.05) is 6.07 Å². The zero-order chi connectivity index (χ0) is 16.9. The van der Waals surface area contributed by atoms with Gasteiger partial charge in [-0.1, -0.05) is 25.4 Å². The van der Waals surface area contributed by atoms with Crippen LogP contribution in [0.5, 0.6) is 0 Å². The Morgan fingerprint density at radius 2 is 2.14 bits per heavy atom. The highest BCUT2D eigenvalue weighted by Gasteiger charge is 2.30. The van der Waals surface area contributed by atoms with Crippen molar-refractivity contribution in [2.24, 2.45) is 5.92 Å². The van der Waals surface area contributed by atoms with Gasteiger partial charge in [0.1, 0.15) is 11.4 Å². The van der Waals surface area contributed by atoms with Crippen LogP contribution in [0.3, 0.4) is 0 Å². The van der Waals surface area contributed by atoms with Gasteiger partial charge in [0.05, 0.1) is 16.7 Å². The Hall–Kier alpha value is -2.13. The number of nitrogens with one attached hydrogen (secondary N) is 1. The highest BCUT2D eigenvalue weighted by molar-refractivity contribution is 6.33. The Balaban J connectivity index is 2.65. The molecule has 0 aliphatic rings. The molecule has 0 fully saturated rings. The van der Waals surface area contributed by atoms with E-state index in [0.29, 0.717) is 0 Å². The molecule has 0 aliphatic heterocycles. The summed E-state index contributed by atoms with van der Waals surface area (Å²) in [7, 11) is 0. The van der Waals surface area contributed by atoms with E-state index < -0.39 is 29.8 Å². The quantitative estimate of drug-likeness (QED) is 0.844. The number of benzene rings is 1. The standard InChI is InChI=1S/C15H16ClFN2O3/c1-9(2)15(3,8-18)19-13(20)7-22-14(21)11-5-4-10(17)6-12(11)16/h4-6,9H,7H2,1-3H3,(H,19,20)/t15-/m1/s1. The first-order chi connectivity index (χ1) is 10.2. The Labute approximate surface area is 133 Å². The number of esters is 1. The fourth-order valence-corrected chi connectivity index (χ4v) is 1.74. The number of rotatable bonds is 5. The number of carbonyl (C=O) groups excluding carboxylic acids is 2. The third kappa shape index (κ3) is 4.43. The Bertz CT molecular complexity index is 628. The van der Waals surface area contributed by atoms with E-state index in [1.54, 1.807) is 20.8 Å². The van der Waals surface area contributed by atoms with E-state index >= 15 is 0 Å². The Morgan fingerprint density at radius 3 is 2.64 bits per heavy atom. The van der Waals surface area contributed by atoms with Gasteiger partial charge in [-0.25, -0.2) is 9.18 Å². The van der Waals surface area contributed by atoms with Crippen LogP contribution in [0.2, 0.25) is 5.02 Å². The smallest absolute Gasteiger partial charge is 0.340 e. The van der Waals surface area contributed by atoms with Gasteiger partial charge in [-0.05, 0) is 31.0 Å². The van der Waals surface area contributed by atoms with Crippen molar-refractivity contribution < 1.29 is 18.7 Å². The van der Waals surface area contributed by atoms with E-state index in [1.165, 1.54) is 6.07 Å². The lowest BCUT2D eigenvalue weighted by molar-refractivity contribution is -0.125. The second kappa shape index (κ2) is 7.23. The molecule has 0 aliphatic carbocycles. The molecule has 22 heavy (non-hydrogen) atoms. The van der Waals surface area contributed by atoms with Crippen molar-refractivity contribution in [1.82, 2.24) is 5.32 Å². The van der Waals surface area contributed by atoms with Crippen LogP contribution in [0.4, 0.5) is 4.39 Å². The van der Waals surface area contributed by atoms with Crippen molar-refractivity contribution in [2.75, 3.05) is 6.61 Å². The van der Waals surface area contributed by atoms with Gasteiger partial charge in [0.2, 0.25) is 0 Å². The minimum Gasteiger partial charge on any atom is -0.452 e. The number of amides is 1. The van der Waals surface area contributed by atoms with Crippen molar-refractivity contribution in [2.45, 2.75) is 26.3 Å². The van der Waals surface area contributed by atoms with Crippen LogP contribution in [0.1, 0.15) is 31.1 Å². The monoisotopic (exact) mass is 326 g/mol. The zero-order valence-corrected chi connectivity index (χ0v) is 13.2. The molecule has 1 amide bonds. The highest BCUT2D eigenvalue weighted by Crippen LogP contribution is 2.18. The lowest BCUT2D eigenvalue weighted by Gasteiger charge is -2.27. The summed E-state index contributed by atoms with van der Waals surface area (Å²) >= 11 is 5.73. The van der Waals surface area contributed by atoms with Crippen molar-refractivity contribution in [3.05, 3.63) is 34.6 Å². The molecule has 1 rings (SSSR count). The molecule has 0 spiro atoms. The largest absolute Gasteiger partial charge is 0.452 e. The van der Waals surface area contributed by atoms with Gasteiger partial charge >= 0.3 is 5.97 Å². The van der Waals surface area contributed by atoms with Crippen molar-refractivity contribution in [1.29, 1.82) is 5.26 Å². The normalized spacial score (nSPS) is 13.1. The summed E-state index contributed by atoms with van der Waals surface area (Å²) in [4.78, 5) is 23.5. The van der Waals surface area contributed by atoms with E-state index in [4.69, 9.17) is 21.6 Å². The fraction of sp³-hybridized carbons (Fsp3) is 0.400. The molecule has 0 saturated carbocycles. The molecular formula is C15H16ClFN2O3. The molecule has 0 heterocycles. The van der Waals surface area contributed by atoms with Crippen LogP contribution < -0.4 is 5.32 Å². The highest BCUT2D eigenvalue weighted by atomic mass is 35.5. The number of hydrogen-bond donors (Lipinski definition) is 1. The Morgan fingerprint density at radius 1 is 1.50 bits per heavy atom. The van der Waals surface area contributed by atoms with Crippen LogP contribution in [0.15, 0.2) is 18.2 Å². The van der Waals surface area contributed by atoms with E-state index in [0.717, 1.165) is 12.1 Å². The summed E-state index contributed by atoms with van der Waals surface area (Å²) in [5.74, 6) is -2.16. The van der Waals surface area contributed by atoms with Crippen molar-refractivity contribution >= 4 is 23.5 Å². The lowest BCUT2D eigenvalue weighted by atomic mass is 9.90. The maximum absolute atomic E-state index is 12.9. The van der Waals surface area contributed by atoms with Crippen LogP contribution >= 0.6 is 11.6 Å². The number of nitriles is 1. The molecule has 0 unspecified atom stereocenters. The van der Waals surface area contributed by atoms with Gasteiger partial charge in [-0.3, -0.25) is 4.79 Å². The number of hydrogen-bond acceptors (Lipinski definition) is 4. The fourth-order valence-electron chi connectivity index (χ4n) is 1.49. The second-order valence-electron chi connectivity index (χ2n) is 5.22. The number of nitrogens with zero attached hydrogens (tertiary/aromatic N) is 1. The molecule has 1 aromatic carbocycles. The third-order valence-corrected chi connectivity index (χ3v) is 3.58. The van der Waals surface area contributed by atoms with Gasteiger partial charge in [-0.15, -0.1) is 0 Å². The maximum atomic E-state index is 12.9. The SMILES string of the molecule is CC(C)[C@@](C)(C#N)NC(=O)COC(=O)c1ccc(F)cc1Cl. The molecule has 1 N–H and O–H groups in total. The van der Waals surface area contributed by atoms with Crippen LogP contribution in [0, 0.1) is 23.1 Å². The summed E-state index contributed by atoms with van der Waals surface area (Å²) in [5, 5.41) is 11.5. The van der Waals surface area contributed by atoms with E-state index in [-0.39, 0.29) is 16.5 Å². The average Bonchev–Trinajstić information content (AvgIpc) is 2.44. The first-order valence-corrected chi connectivity index (χ1v) is 6.92. The molecule has 7 heteroatoms. The predicted octanol–water partition coefficient (Wildman–Crippen LogP) is 2.69. The summed E-state index contributed by atoms with van der Waals surface area (Å²) in [6.45, 7) is 4.59. The summed E-state index contributed by atoms with van der Waals surface area (Å²) in [6, 6.07) is 5.22. The zero-order valence-electron chi connectivity index (χ0n) is 12.4. The molecule has 0 aromatic heterocycles. The van der Waals surface area contributed by atoms with Gasteiger partial charge in [0, 0.05) is 0 Å².